The first-order valence-electron chi connectivity index (χ1n) is 4.30. The molecule has 0 aliphatic carbocycles. The molecule has 0 unspecified atom stereocenters. The van der Waals surface area contributed by atoms with E-state index in [9.17, 15) is 0 Å². The predicted octanol–water partition coefficient (Wildman–Crippen LogP) is 3.41. The van der Waals surface area contributed by atoms with Gasteiger partial charge >= 0.3 is 0 Å². The summed E-state index contributed by atoms with van der Waals surface area (Å²) in [5, 5.41) is 0. The molecule has 5 heteroatoms. The van der Waals surface area contributed by atoms with E-state index >= 15 is 0 Å². The molecule has 1 rings (SSSR count). The molecule has 0 aromatic heterocycles. The predicted molar refractivity (Wildman–Crippen MR) is 66.2 cm³/mol. The monoisotopic (exact) mass is 286 g/mol. The first-order valence-corrected chi connectivity index (χ1v) is 5.39. The minimum absolute atomic E-state index is 0. The topological polar surface area (TPSA) is 34.7 Å². The average Bonchev–Trinajstić information content (AvgIpc) is 2.37. The van der Waals surface area contributed by atoms with E-state index in [1.165, 1.54) is 27.8 Å². The van der Waals surface area contributed by atoms with Crippen LogP contribution in [0, 0.1) is 34.6 Å². The van der Waals surface area contributed by atoms with Crippen LogP contribution in [0.5, 0.6) is 0 Å². The van der Waals surface area contributed by atoms with Crippen LogP contribution in [-0.2, 0) is 40.9 Å². The van der Waals surface area contributed by atoms with Gasteiger partial charge in [0.05, 0.1) is 0 Å². The maximum Gasteiger partial charge on any atom is 0 e. The third kappa shape index (κ3) is 4.59. The van der Waals surface area contributed by atoms with Gasteiger partial charge in [-0.25, -0.2) is 11.4 Å². The van der Waals surface area contributed by atoms with Gasteiger partial charge in [-0.1, -0.05) is 34.6 Å². The largest absolute Gasteiger partial charge is 0.734 e. The molecule has 0 saturated carbocycles. The Balaban J connectivity index is 0. The van der Waals surface area contributed by atoms with Gasteiger partial charge in [-0.05, 0) is 0 Å². The van der Waals surface area contributed by atoms with Crippen molar-refractivity contribution < 1.29 is 16.8 Å². The van der Waals surface area contributed by atoms with Crippen molar-refractivity contribution in [1.82, 2.24) is 0 Å². The van der Waals surface area contributed by atoms with Crippen molar-refractivity contribution in [2.24, 2.45) is 3.77 Å². The molecule has 0 atom stereocenters. The van der Waals surface area contributed by atoms with Crippen LogP contribution in [0.25, 0.3) is 4.78 Å². The Kier molecular flexibility index (Phi) is 9.54. The van der Waals surface area contributed by atoms with Crippen molar-refractivity contribution in [1.29, 1.82) is 0 Å². The zero-order valence-corrected chi connectivity index (χ0v) is 12.2. The van der Waals surface area contributed by atoms with Gasteiger partial charge in [-0.15, -0.1) is 0 Å². The quantitative estimate of drug-likeness (QED) is 0.531. The molecular formula is C10H15CoN2S2-3. The molecule has 1 aromatic rings. The van der Waals surface area contributed by atoms with Crippen molar-refractivity contribution in [2.45, 2.75) is 34.6 Å². The fourth-order valence-electron chi connectivity index (χ4n) is 1.41. The maximum absolute atomic E-state index is 7.52. The zero-order valence-electron chi connectivity index (χ0n) is 9.54. The van der Waals surface area contributed by atoms with Crippen molar-refractivity contribution in [3.8, 4) is 0 Å². The van der Waals surface area contributed by atoms with E-state index in [0.29, 0.717) is 11.4 Å². The zero-order chi connectivity index (χ0) is 11.3. The van der Waals surface area contributed by atoms with Gasteiger partial charge in [0.1, 0.15) is 0 Å². The Bertz CT molecular complexity index is 286. The van der Waals surface area contributed by atoms with Gasteiger partial charge in [0.2, 0.25) is 0 Å². The molecule has 0 spiro atoms. The van der Waals surface area contributed by atoms with Gasteiger partial charge in [0, 0.05) is 16.8 Å². The number of hydrogen-bond donors (Lipinski definition) is 0. The third-order valence-electron chi connectivity index (χ3n) is 2.85. The van der Waals surface area contributed by atoms with Crippen LogP contribution in [0.2, 0.25) is 0 Å². The summed E-state index contributed by atoms with van der Waals surface area (Å²) in [6.45, 7) is 11.0. The van der Waals surface area contributed by atoms with Crippen LogP contribution in [0.15, 0.2) is 3.77 Å². The first kappa shape index (κ1) is 17.4. The summed E-state index contributed by atoms with van der Waals surface area (Å²) in [5.41, 5.74) is 7.34. The van der Waals surface area contributed by atoms with E-state index in [2.05, 4.69) is 51.2 Å². The average molecular weight is 286 g/mol. The van der Waals surface area contributed by atoms with Crippen molar-refractivity contribution >= 4 is 24.2 Å². The number of nitrogens with zero attached hydrogens (tertiary/aromatic N) is 2. The fraction of sp³-hybridized carbons (Fsp3) is 0.500. The molecule has 0 fully saturated rings. The molecule has 0 saturated heterocycles. The molecule has 0 bridgehead atoms. The van der Waals surface area contributed by atoms with Gasteiger partial charge in [0.25, 0.3) is 0 Å². The van der Waals surface area contributed by atoms with E-state index in [1.54, 1.807) is 0 Å². The van der Waals surface area contributed by atoms with E-state index in [1.807, 2.05) is 0 Å². The van der Waals surface area contributed by atoms with Crippen LogP contribution >= 0.6 is 0 Å². The molecule has 15 heavy (non-hydrogen) atoms. The fourth-order valence-corrected chi connectivity index (χ4v) is 1.41. The standard InChI is InChI=1S/C10H15.Co.HN2S2/c1-6-7(2)9(4)10(5)8(6)3;;1-4-2-3/h1-5H3;;3H/q-1;;-1/p-1. The van der Waals surface area contributed by atoms with Crippen LogP contribution < -0.4 is 0 Å². The Morgan fingerprint density at radius 3 is 1.47 bits per heavy atom. The molecule has 1 aromatic carbocycles. The summed E-state index contributed by atoms with van der Waals surface area (Å²) < 4.78 is 10.3. The normalized spacial score (nSPS) is 8.40. The molecular weight excluding hydrogens is 271 g/mol. The van der Waals surface area contributed by atoms with Crippen molar-refractivity contribution in [2.75, 3.05) is 0 Å². The summed E-state index contributed by atoms with van der Waals surface area (Å²) in [7, 11) is 0. The summed E-state index contributed by atoms with van der Waals surface area (Å²) in [5.74, 6) is 0. The second-order valence-electron chi connectivity index (χ2n) is 3.28. The molecule has 0 aliphatic heterocycles. The number of rotatable bonds is 0. The van der Waals surface area contributed by atoms with Gasteiger partial charge in [-0.3, -0.25) is 0 Å². The van der Waals surface area contributed by atoms with Crippen LogP contribution in [0.1, 0.15) is 27.8 Å². The Morgan fingerprint density at radius 1 is 1.13 bits per heavy atom. The van der Waals surface area contributed by atoms with Crippen LogP contribution in [0.4, 0.5) is 0 Å². The van der Waals surface area contributed by atoms with Crippen molar-refractivity contribution in [3.63, 3.8) is 0 Å². The van der Waals surface area contributed by atoms with Gasteiger partial charge in [-0.2, -0.15) is 27.8 Å². The third-order valence-corrected chi connectivity index (χ3v) is 3.11. The second-order valence-corrected chi connectivity index (χ2v) is 4.04. The molecule has 89 valence electrons. The SMILES string of the molecule is Cc1c(C)c(C)[c-](C)c1C.[Co].[N-]=S=N[S-]. The molecule has 1 radical (unpaired) electrons. The van der Waals surface area contributed by atoms with E-state index < -0.39 is 0 Å². The van der Waals surface area contributed by atoms with Crippen molar-refractivity contribution in [3.05, 3.63) is 32.6 Å². The summed E-state index contributed by atoms with van der Waals surface area (Å²) in [4.78, 5) is 0. The summed E-state index contributed by atoms with van der Waals surface area (Å²) in [6, 6.07) is 0. The Morgan fingerprint density at radius 2 is 1.40 bits per heavy atom. The smallest absolute Gasteiger partial charge is 0 e. The molecule has 0 N–H and O–H groups in total. The minimum Gasteiger partial charge on any atom is -0.734 e. The number of hydrogen-bond acceptors (Lipinski definition) is 2. The first-order chi connectivity index (χ1) is 6.47. The van der Waals surface area contributed by atoms with E-state index in [-0.39, 0.29) is 16.8 Å². The molecule has 0 amide bonds. The summed E-state index contributed by atoms with van der Waals surface area (Å²) >= 11 is 4.19. The maximum atomic E-state index is 7.52. The van der Waals surface area contributed by atoms with Gasteiger partial charge < -0.3 is 21.4 Å². The van der Waals surface area contributed by atoms with Gasteiger partial charge in [0.15, 0.2) is 0 Å². The van der Waals surface area contributed by atoms with Crippen LogP contribution in [-0.4, -0.2) is 0 Å². The second kappa shape index (κ2) is 8.21. The molecule has 0 heterocycles. The Labute approximate surface area is 112 Å². The van der Waals surface area contributed by atoms with Crippen LogP contribution in [0.3, 0.4) is 0 Å². The molecule has 0 aliphatic rings. The van der Waals surface area contributed by atoms with E-state index in [0.717, 1.165) is 0 Å². The Hall–Kier alpha value is 0.0265. The minimum atomic E-state index is 0. The van der Waals surface area contributed by atoms with E-state index in [4.69, 9.17) is 4.78 Å². The summed E-state index contributed by atoms with van der Waals surface area (Å²) in [6.07, 6.45) is 0. The molecule has 2 nitrogen and oxygen atoms in total.